The van der Waals surface area contributed by atoms with Crippen molar-refractivity contribution in [2.45, 2.75) is 19.1 Å². The van der Waals surface area contributed by atoms with E-state index in [1.807, 2.05) is 0 Å². The third-order valence-corrected chi connectivity index (χ3v) is 3.29. The molecule has 21 heavy (non-hydrogen) atoms. The Balaban J connectivity index is 1.97. The van der Waals surface area contributed by atoms with Crippen LogP contribution in [0, 0.1) is 6.92 Å². The number of nitrogens with one attached hydrogen (secondary N) is 2. The van der Waals surface area contributed by atoms with Gasteiger partial charge in [0.05, 0.1) is 0 Å². The Kier molecular flexibility index (Phi) is 4.84. The molecule has 0 aromatic carbocycles. The molecule has 1 aliphatic rings. The van der Waals surface area contributed by atoms with Gasteiger partial charge in [0.15, 0.2) is 5.69 Å². The first-order valence-corrected chi connectivity index (χ1v) is 6.61. The third-order valence-electron chi connectivity index (χ3n) is 3.29. The molecule has 0 saturated carbocycles. The van der Waals surface area contributed by atoms with Crippen LogP contribution in [0.4, 0.5) is 13.2 Å². The fourth-order valence-electron chi connectivity index (χ4n) is 2.20. The number of hydrogen-bond acceptors (Lipinski definition) is 5. The smallest absolute Gasteiger partial charge is 0.361 e. The summed E-state index contributed by atoms with van der Waals surface area (Å²) >= 11 is 0. The average Bonchev–Trinajstić information content (AvgIpc) is 2.85. The molecular weight excluding hydrogens is 289 g/mol. The molecule has 1 fully saturated rings. The van der Waals surface area contributed by atoms with Crippen molar-refractivity contribution in [2.75, 3.05) is 32.7 Å². The molecule has 1 aromatic heterocycles. The summed E-state index contributed by atoms with van der Waals surface area (Å²) in [6.45, 7) is 2.69. The number of carbonyl (C=O) groups excluding carboxylic acids is 1. The van der Waals surface area contributed by atoms with Crippen LogP contribution in [0.5, 0.6) is 0 Å². The second-order valence-corrected chi connectivity index (χ2v) is 4.88. The van der Waals surface area contributed by atoms with Gasteiger partial charge >= 0.3 is 6.18 Å². The van der Waals surface area contributed by atoms with Crippen LogP contribution >= 0.6 is 0 Å². The lowest BCUT2D eigenvalue weighted by atomic mass is 10.2. The predicted octanol–water partition coefficient (Wildman–Crippen LogP) is 0.549. The third kappa shape index (κ3) is 4.18. The Morgan fingerprint density at radius 3 is 2.71 bits per heavy atom. The van der Waals surface area contributed by atoms with Gasteiger partial charge in [-0.25, -0.2) is 0 Å². The van der Waals surface area contributed by atoms with Gasteiger partial charge in [-0.1, -0.05) is 5.16 Å². The van der Waals surface area contributed by atoms with Gasteiger partial charge in [0, 0.05) is 38.8 Å². The van der Waals surface area contributed by atoms with E-state index < -0.39 is 24.7 Å². The van der Waals surface area contributed by atoms with Crippen LogP contribution in [0.3, 0.4) is 0 Å². The van der Waals surface area contributed by atoms with Gasteiger partial charge in [0.25, 0.3) is 5.91 Å². The summed E-state index contributed by atoms with van der Waals surface area (Å²) in [4.78, 5) is 13.1. The van der Waals surface area contributed by atoms with Crippen molar-refractivity contribution in [3.63, 3.8) is 0 Å². The fraction of sp³-hybridized carbons (Fsp3) is 0.667. The molecular formula is C12H17F3N4O2. The molecule has 1 amide bonds. The molecule has 6 nitrogen and oxygen atoms in total. The van der Waals surface area contributed by atoms with E-state index in [-0.39, 0.29) is 5.69 Å². The van der Waals surface area contributed by atoms with Crippen molar-refractivity contribution in [1.82, 2.24) is 20.7 Å². The van der Waals surface area contributed by atoms with Crippen molar-refractivity contribution >= 4 is 5.91 Å². The lowest BCUT2D eigenvalue weighted by Gasteiger charge is -2.35. The Morgan fingerprint density at radius 2 is 2.19 bits per heavy atom. The number of aryl methyl sites for hydroxylation is 1. The van der Waals surface area contributed by atoms with Crippen LogP contribution < -0.4 is 10.6 Å². The maximum Gasteiger partial charge on any atom is 0.405 e. The first-order chi connectivity index (χ1) is 9.88. The molecule has 1 unspecified atom stereocenters. The zero-order valence-corrected chi connectivity index (χ0v) is 11.5. The largest absolute Gasteiger partial charge is 0.405 e. The van der Waals surface area contributed by atoms with Crippen molar-refractivity contribution in [1.29, 1.82) is 0 Å². The standard InChI is InChI=1S/C12H17F3N4O2/c1-8-6-9(18-21-8)11(20)17-7-10(12(13,14)15)19-4-2-16-3-5-19/h6,10,16H,2-5,7H2,1H3,(H,17,20). The molecule has 2 N–H and O–H groups in total. The summed E-state index contributed by atoms with van der Waals surface area (Å²) < 4.78 is 44.1. The highest BCUT2D eigenvalue weighted by Crippen LogP contribution is 2.24. The molecule has 0 radical (unpaired) electrons. The number of alkyl halides is 3. The van der Waals surface area contributed by atoms with Crippen LogP contribution in [0.1, 0.15) is 16.2 Å². The maximum absolute atomic E-state index is 13.1. The highest BCUT2D eigenvalue weighted by Gasteiger charge is 2.43. The molecule has 9 heteroatoms. The number of piperazine rings is 1. The molecule has 1 atom stereocenters. The van der Waals surface area contributed by atoms with Gasteiger partial charge in [0.1, 0.15) is 11.8 Å². The monoisotopic (exact) mass is 306 g/mol. The Labute approximate surface area is 119 Å². The number of rotatable bonds is 4. The number of halogens is 3. The highest BCUT2D eigenvalue weighted by atomic mass is 19.4. The average molecular weight is 306 g/mol. The fourth-order valence-corrected chi connectivity index (χ4v) is 2.20. The minimum atomic E-state index is -4.40. The second-order valence-electron chi connectivity index (χ2n) is 4.88. The quantitative estimate of drug-likeness (QED) is 0.850. The molecule has 0 spiro atoms. The van der Waals surface area contributed by atoms with E-state index in [4.69, 9.17) is 4.52 Å². The Bertz CT molecular complexity index is 483. The van der Waals surface area contributed by atoms with E-state index >= 15 is 0 Å². The van der Waals surface area contributed by atoms with E-state index in [0.717, 1.165) is 0 Å². The van der Waals surface area contributed by atoms with E-state index in [2.05, 4.69) is 15.8 Å². The Morgan fingerprint density at radius 1 is 1.52 bits per heavy atom. The van der Waals surface area contributed by atoms with Gasteiger partial charge in [-0.05, 0) is 6.92 Å². The maximum atomic E-state index is 13.1. The van der Waals surface area contributed by atoms with Crippen molar-refractivity contribution < 1.29 is 22.5 Å². The van der Waals surface area contributed by atoms with Crippen LogP contribution in [0.25, 0.3) is 0 Å². The molecule has 1 saturated heterocycles. The van der Waals surface area contributed by atoms with E-state index in [1.165, 1.54) is 11.0 Å². The lowest BCUT2D eigenvalue weighted by molar-refractivity contribution is -0.183. The summed E-state index contributed by atoms with van der Waals surface area (Å²) in [7, 11) is 0. The summed E-state index contributed by atoms with van der Waals surface area (Å²) in [5, 5.41) is 8.74. The number of amides is 1. The highest BCUT2D eigenvalue weighted by molar-refractivity contribution is 5.92. The number of carbonyl (C=O) groups is 1. The molecule has 118 valence electrons. The molecule has 0 bridgehead atoms. The van der Waals surface area contributed by atoms with Crippen LogP contribution in [0.15, 0.2) is 10.6 Å². The summed E-state index contributed by atoms with van der Waals surface area (Å²) in [6.07, 6.45) is -4.40. The zero-order valence-electron chi connectivity index (χ0n) is 11.5. The summed E-state index contributed by atoms with van der Waals surface area (Å²) in [6, 6.07) is -0.320. The lowest BCUT2D eigenvalue weighted by Crippen LogP contribution is -2.57. The number of hydrogen-bond donors (Lipinski definition) is 2. The van der Waals surface area contributed by atoms with Gasteiger partial charge in [-0.2, -0.15) is 13.2 Å². The Hall–Kier alpha value is -1.61. The van der Waals surface area contributed by atoms with Crippen LogP contribution in [-0.2, 0) is 0 Å². The van der Waals surface area contributed by atoms with Crippen LogP contribution in [-0.4, -0.2) is 60.9 Å². The molecule has 2 rings (SSSR count). The van der Waals surface area contributed by atoms with E-state index in [9.17, 15) is 18.0 Å². The summed E-state index contributed by atoms with van der Waals surface area (Å²) in [5.74, 6) is -0.245. The van der Waals surface area contributed by atoms with Gasteiger partial charge in [-0.3, -0.25) is 9.69 Å². The number of nitrogens with zero attached hydrogens (tertiary/aromatic N) is 2. The molecule has 2 heterocycles. The zero-order chi connectivity index (χ0) is 15.5. The SMILES string of the molecule is Cc1cc(C(=O)NCC(N2CCNCC2)C(F)(F)F)no1. The van der Waals surface area contributed by atoms with Gasteiger partial charge in [0.2, 0.25) is 0 Å². The molecule has 0 aliphatic carbocycles. The normalized spacial score (nSPS) is 18.5. The van der Waals surface area contributed by atoms with Gasteiger partial charge < -0.3 is 15.2 Å². The first-order valence-electron chi connectivity index (χ1n) is 6.61. The van der Waals surface area contributed by atoms with E-state index in [0.29, 0.717) is 31.9 Å². The second kappa shape index (κ2) is 6.44. The summed E-state index contributed by atoms with van der Waals surface area (Å²) in [5.41, 5.74) is -0.0197. The van der Waals surface area contributed by atoms with Crippen LogP contribution in [0.2, 0.25) is 0 Å². The molecule has 1 aromatic rings. The first kappa shape index (κ1) is 15.8. The topological polar surface area (TPSA) is 70.4 Å². The van der Waals surface area contributed by atoms with Crippen molar-refractivity contribution in [3.8, 4) is 0 Å². The minimum absolute atomic E-state index is 0.0197. The minimum Gasteiger partial charge on any atom is -0.361 e. The predicted molar refractivity (Wildman–Crippen MR) is 67.9 cm³/mol. The van der Waals surface area contributed by atoms with Crippen molar-refractivity contribution in [3.05, 3.63) is 17.5 Å². The number of aromatic nitrogens is 1. The van der Waals surface area contributed by atoms with Gasteiger partial charge in [-0.15, -0.1) is 0 Å². The van der Waals surface area contributed by atoms with E-state index in [1.54, 1.807) is 6.92 Å². The molecule has 1 aliphatic heterocycles. The van der Waals surface area contributed by atoms with Crippen molar-refractivity contribution in [2.24, 2.45) is 0 Å².